The molecule has 1 saturated carbocycles. The number of nitrogens with zero attached hydrogens (tertiary/aromatic N) is 6. The van der Waals surface area contributed by atoms with Crippen molar-refractivity contribution in [3.63, 3.8) is 0 Å². The first-order chi connectivity index (χ1) is 20.7. The fraction of sp³-hybridized carbons (Fsp3) is 0.357. The number of hydrogen-bond donors (Lipinski definition) is 2. The molecule has 2 aromatic rings. The number of nitrogens with two attached hydrogens (primary N) is 1. The van der Waals surface area contributed by atoms with Crippen LogP contribution in [0.25, 0.3) is 0 Å². The Labute approximate surface area is 250 Å². The summed E-state index contributed by atoms with van der Waals surface area (Å²) < 4.78 is 6.06. The SMILES string of the molecule is C[n+]1cccc(N2C=C/C(=C\C3=C(C(=O)[O-])N4C(=O)[C@@H](NC(=O)/C=N\OC5CCCC5c5nsc(N)n5)[C@H]4CC3)C2=O)c1. The second kappa shape index (κ2) is 11.4. The molecule has 1 saturated heterocycles. The number of pyridine rings is 1. The minimum atomic E-state index is -1.53. The van der Waals surface area contributed by atoms with Gasteiger partial charge in [0.25, 0.3) is 17.7 Å². The van der Waals surface area contributed by atoms with E-state index < -0.39 is 29.9 Å². The van der Waals surface area contributed by atoms with Crippen molar-refractivity contribution in [1.82, 2.24) is 19.6 Å². The lowest BCUT2D eigenvalue weighted by molar-refractivity contribution is -0.670. The van der Waals surface area contributed by atoms with Crippen molar-refractivity contribution in [1.29, 1.82) is 0 Å². The number of hydrogen-bond acceptors (Lipinski definition) is 11. The summed E-state index contributed by atoms with van der Waals surface area (Å²) in [6.45, 7) is 0. The van der Waals surface area contributed by atoms with Crippen LogP contribution in [0.15, 0.2) is 64.9 Å². The Kier molecular flexibility index (Phi) is 7.48. The molecule has 2 aromatic heterocycles. The van der Waals surface area contributed by atoms with Crippen molar-refractivity contribution in [2.75, 3.05) is 10.6 Å². The number of amides is 3. The van der Waals surface area contributed by atoms with Gasteiger partial charge in [0.05, 0.1) is 23.6 Å². The Bertz CT molecular complexity index is 1630. The minimum absolute atomic E-state index is 0.0728. The summed E-state index contributed by atoms with van der Waals surface area (Å²) in [6, 6.07) is 2.10. The number of oxime groups is 1. The van der Waals surface area contributed by atoms with E-state index >= 15 is 0 Å². The first-order valence-corrected chi connectivity index (χ1v) is 14.5. The van der Waals surface area contributed by atoms with Crippen molar-refractivity contribution in [2.24, 2.45) is 12.2 Å². The first kappa shape index (κ1) is 28.2. The quantitative estimate of drug-likeness (QED) is 0.132. The molecule has 0 bridgehead atoms. The van der Waals surface area contributed by atoms with E-state index in [1.165, 1.54) is 11.0 Å². The van der Waals surface area contributed by atoms with Crippen LogP contribution in [-0.2, 0) is 31.1 Å². The molecule has 43 heavy (non-hydrogen) atoms. The maximum atomic E-state index is 13.1. The standard InChI is InChI=1S/C28H28N8O6S/c1-34-10-3-4-17(14-34)35-11-9-16(25(35)38)12-15-7-8-19-22(26(39)36(19)23(15)27(40)41)31-21(37)13-30-42-20-6-2-5-18(20)24-32-28(29)43-33-24/h3-4,9-14,18-20,22H,2,5-8H2,1H3,(H3-,29,31,32,33,37,40,41)/b16-12+,30-13-/t18?,19-,20?,22+/m1/s1. The number of carbonyl (C=O) groups is 4. The summed E-state index contributed by atoms with van der Waals surface area (Å²) in [7, 11) is 1.84. The number of aromatic nitrogens is 3. The van der Waals surface area contributed by atoms with Crippen molar-refractivity contribution >= 4 is 52.3 Å². The van der Waals surface area contributed by atoms with E-state index in [1.54, 1.807) is 24.5 Å². The van der Waals surface area contributed by atoms with Crippen molar-refractivity contribution in [3.8, 4) is 0 Å². The Morgan fingerprint density at radius 3 is 2.88 bits per heavy atom. The molecule has 14 nitrogen and oxygen atoms in total. The number of carbonyl (C=O) groups excluding carboxylic acids is 4. The van der Waals surface area contributed by atoms with Gasteiger partial charge >= 0.3 is 0 Å². The highest BCUT2D eigenvalue weighted by atomic mass is 32.1. The van der Waals surface area contributed by atoms with Crippen LogP contribution in [-0.4, -0.2) is 62.4 Å². The minimum Gasteiger partial charge on any atom is -0.543 e. The van der Waals surface area contributed by atoms with Crippen molar-refractivity contribution < 1.29 is 33.7 Å². The summed E-state index contributed by atoms with van der Waals surface area (Å²) >= 11 is 1.11. The molecular weight excluding hydrogens is 576 g/mol. The number of anilines is 2. The lowest BCUT2D eigenvalue weighted by atomic mass is 9.83. The molecule has 3 N–H and O–H groups in total. The van der Waals surface area contributed by atoms with Gasteiger partial charge in [-0.05, 0) is 55.9 Å². The van der Waals surface area contributed by atoms with E-state index in [0.717, 1.165) is 41.9 Å². The predicted molar refractivity (Wildman–Crippen MR) is 150 cm³/mol. The number of allylic oxidation sites excluding steroid dienone is 2. The maximum absolute atomic E-state index is 13.1. The topological polar surface area (TPSA) is 187 Å². The third-order valence-electron chi connectivity index (χ3n) is 7.97. The molecule has 3 amide bonds. The third kappa shape index (κ3) is 5.38. The van der Waals surface area contributed by atoms with Gasteiger partial charge in [-0.2, -0.15) is 4.37 Å². The number of carboxylic acids is 1. The zero-order chi connectivity index (χ0) is 30.2. The first-order valence-electron chi connectivity index (χ1n) is 13.8. The Morgan fingerprint density at radius 1 is 1.30 bits per heavy atom. The maximum Gasteiger partial charge on any atom is 0.266 e. The van der Waals surface area contributed by atoms with E-state index in [1.807, 2.05) is 23.9 Å². The smallest absolute Gasteiger partial charge is 0.266 e. The molecule has 5 heterocycles. The highest BCUT2D eigenvalue weighted by molar-refractivity contribution is 7.09. The molecule has 222 valence electrons. The molecule has 4 atom stereocenters. The Balaban J connectivity index is 1.10. The van der Waals surface area contributed by atoms with Gasteiger partial charge in [0.1, 0.15) is 31.1 Å². The summed E-state index contributed by atoms with van der Waals surface area (Å²) in [6.07, 6.45) is 12.1. The molecule has 3 aliphatic heterocycles. The number of nitrogens with one attached hydrogen (secondary N) is 1. The van der Waals surface area contributed by atoms with Gasteiger partial charge in [0.2, 0.25) is 0 Å². The summed E-state index contributed by atoms with van der Waals surface area (Å²) in [5.41, 5.74) is 6.63. The average molecular weight is 605 g/mol. The second-order valence-corrected chi connectivity index (χ2v) is 11.5. The van der Waals surface area contributed by atoms with Gasteiger partial charge in [-0.3, -0.25) is 19.3 Å². The molecule has 2 unspecified atom stereocenters. The number of rotatable bonds is 8. The number of fused-ring (bicyclic) bond motifs is 1. The second-order valence-electron chi connectivity index (χ2n) is 10.7. The van der Waals surface area contributed by atoms with Crippen LogP contribution in [0.5, 0.6) is 0 Å². The van der Waals surface area contributed by atoms with Crippen LogP contribution in [0.4, 0.5) is 10.8 Å². The molecule has 15 heteroatoms. The van der Waals surface area contributed by atoms with E-state index in [-0.39, 0.29) is 35.6 Å². The molecule has 1 aliphatic carbocycles. The van der Waals surface area contributed by atoms with Crippen molar-refractivity contribution in [2.45, 2.75) is 56.2 Å². The van der Waals surface area contributed by atoms with Crippen LogP contribution in [0.1, 0.15) is 43.8 Å². The molecule has 0 radical (unpaired) electrons. The molecule has 6 rings (SSSR count). The highest BCUT2D eigenvalue weighted by Gasteiger charge is 2.52. The molecular formula is C28H28N8O6S. The Hall–Kier alpha value is -4.92. The van der Waals surface area contributed by atoms with Crippen LogP contribution in [0.2, 0.25) is 0 Å². The van der Waals surface area contributed by atoms with Crippen LogP contribution >= 0.6 is 11.5 Å². The molecule has 0 spiro atoms. The predicted octanol–water partition coefficient (Wildman–Crippen LogP) is -0.436. The van der Waals surface area contributed by atoms with Gasteiger partial charge in [0.15, 0.2) is 23.3 Å². The average Bonchev–Trinajstić information content (AvgIpc) is 3.71. The highest BCUT2D eigenvalue weighted by Crippen LogP contribution is 2.38. The van der Waals surface area contributed by atoms with Gasteiger partial charge in [-0.1, -0.05) is 5.16 Å². The zero-order valence-electron chi connectivity index (χ0n) is 23.1. The van der Waals surface area contributed by atoms with Gasteiger partial charge in [0, 0.05) is 29.4 Å². The number of β-lactam (4-membered cyclic amide) rings is 1. The molecule has 2 fully saturated rings. The van der Waals surface area contributed by atoms with Gasteiger partial charge < -0.3 is 30.7 Å². The Morgan fingerprint density at radius 2 is 2.14 bits per heavy atom. The number of carboxylic acid groups (broad SMARTS) is 1. The summed E-state index contributed by atoms with van der Waals surface area (Å²) in [4.78, 5) is 63.2. The largest absolute Gasteiger partial charge is 0.543 e. The van der Waals surface area contributed by atoms with Gasteiger partial charge in [-0.15, -0.1) is 0 Å². The number of aryl methyl sites for hydroxylation is 1. The monoisotopic (exact) mass is 604 g/mol. The van der Waals surface area contributed by atoms with Gasteiger partial charge in [-0.25, -0.2) is 9.55 Å². The van der Waals surface area contributed by atoms with E-state index in [2.05, 4.69) is 19.8 Å². The number of nitrogen functional groups attached to an aromatic ring is 1. The summed E-state index contributed by atoms with van der Waals surface area (Å²) in [5, 5.41) is 18.9. The van der Waals surface area contributed by atoms with E-state index in [4.69, 9.17) is 10.6 Å². The lowest BCUT2D eigenvalue weighted by Crippen LogP contribution is -2.72. The summed E-state index contributed by atoms with van der Waals surface area (Å²) in [5.74, 6) is -2.56. The lowest BCUT2D eigenvalue weighted by Gasteiger charge is -2.51. The fourth-order valence-corrected chi connectivity index (χ4v) is 6.46. The third-order valence-corrected chi connectivity index (χ3v) is 8.53. The van der Waals surface area contributed by atoms with Crippen molar-refractivity contribution in [3.05, 3.63) is 65.5 Å². The van der Waals surface area contributed by atoms with E-state index in [0.29, 0.717) is 28.6 Å². The van der Waals surface area contributed by atoms with Crippen LogP contribution in [0, 0.1) is 0 Å². The zero-order valence-corrected chi connectivity index (χ0v) is 23.9. The fourth-order valence-electron chi connectivity index (χ4n) is 5.96. The number of aliphatic carboxylic acids is 1. The normalized spacial score (nSPS) is 25.9. The van der Waals surface area contributed by atoms with Crippen LogP contribution < -0.4 is 25.6 Å². The van der Waals surface area contributed by atoms with Crippen LogP contribution in [0.3, 0.4) is 0 Å². The molecule has 4 aliphatic rings. The molecule has 0 aromatic carbocycles. The van der Waals surface area contributed by atoms with E-state index in [9.17, 15) is 24.3 Å².